The summed E-state index contributed by atoms with van der Waals surface area (Å²) in [6.07, 6.45) is 2.39. The fraction of sp³-hybridized carbons (Fsp3) is 0.920. The van der Waals surface area contributed by atoms with Crippen LogP contribution in [0, 0.1) is 22.2 Å². The Bertz CT molecular complexity index is 528. The third kappa shape index (κ3) is 12.6. The first-order valence-corrected chi connectivity index (χ1v) is 11.5. The van der Waals surface area contributed by atoms with Gasteiger partial charge in [-0.25, -0.2) is 4.79 Å². The molecule has 2 N–H and O–H groups in total. The molecule has 0 aromatic heterocycles. The van der Waals surface area contributed by atoms with Crippen molar-refractivity contribution in [1.29, 1.82) is 0 Å². The predicted molar refractivity (Wildman–Crippen MR) is 127 cm³/mol. The van der Waals surface area contributed by atoms with E-state index in [4.69, 9.17) is 4.74 Å². The SMILES string of the molecule is CC.CC(C)C(C)(C)CC(C)(C)OCC(NC(=O)C(C)(C)CCC(C)(C)C)C(=O)O. The number of hydrogen-bond donors (Lipinski definition) is 2. The molecule has 1 atom stereocenters. The molecule has 0 saturated carbocycles. The van der Waals surface area contributed by atoms with Crippen LogP contribution in [-0.4, -0.2) is 35.2 Å². The Morgan fingerprint density at radius 3 is 1.73 bits per heavy atom. The van der Waals surface area contributed by atoms with Gasteiger partial charge in [0.05, 0.1) is 12.2 Å². The van der Waals surface area contributed by atoms with Crippen molar-refractivity contribution in [2.45, 2.75) is 121 Å². The average Bonchev–Trinajstić information content (AvgIpc) is 2.56. The van der Waals surface area contributed by atoms with E-state index in [9.17, 15) is 14.7 Å². The van der Waals surface area contributed by atoms with E-state index in [0.717, 1.165) is 12.8 Å². The first-order valence-electron chi connectivity index (χ1n) is 11.5. The molecule has 5 nitrogen and oxygen atoms in total. The molecule has 0 aromatic carbocycles. The van der Waals surface area contributed by atoms with E-state index in [-0.39, 0.29) is 23.3 Å². The van der Waals surface area contributed by atoms with E-state index in [1.54, 1.807) is 0 Å². The van der Waals surface area contributed by atoms with Crippen LogP contribution in [-0.2, 0) is 14.3 Å². The summed E-state index contributed by atoms with van der Waals surface area (Å²) < 4.78 is 5.97. The quantitative estimate of drug-likeness (QED) is 0.404. The molecule has 1 unspecified atom stereocenters. The molecular weight excluding hydrogens is 378 g/mol. The lowest BCUT2D eigenvalue weighted by atomic mass is 9.73. The molecule has 0 aliphatic heterocycles. The number of carbonyl (C=O) groups is 2. The first-order chi connectivity index (χ1) is 13.3. The molecule has 0 heterocycles. The van der Waals surface area contributed by atoms with Gasteiger partial charge in [-0.2, -0.15) is 0 Å². The van der Waals surface area contributed by atoms with Crippen molar-refractivity contribution in [3.8, 4) is 0 Å². The van der Waals surface area contributed by atoms with E-state index < -0.39 is 23.0 Å². The molecule has 0 rings (SSSR count). The van der Waals surface area contributed by atoms with Crippen LogP contribution < -0.4 is 5.32 Å². The fourth-order valence-corrected chi connectivity index (χ4v) is 2.99. The highest BCUT2D eigenvalue weighted by molar-refractivity contribution is 5.87. The minimum absolute atomic E-state index is 0.0440. The second-order valence-corrected chi connectivity index (χ2v) is 11.7. The van der Waals surface area contributed by atoms with Gasteiger partial charge in [-0.15, -0.1) is 0 Å². The number of carboxylic acid groups (broad SMARTS) is 1. The zero-order chi connectivity index (χ0) is 24.6. The van der Waals surface area contributed by atoms with Gasteiger partial charge >= 0.3 is 5.97 Å². The van der Waals surface area contributed by atoms with Crippen molar-refractivity contribution < 1.29 is 19.4 Å². The monoisotopic (exact) mass is 429 g/mol. The zero-order valence-electron chi connectivity index (χ0n) is 22.2. The van der Waals surface area contributed by atoms with Crippen LogP contribution in [0.15, 0.2) is 0 Å². The van der Waals surface area contributed by atoms with Gasteiger partial charge in [-0.1, -0.05) is 76.2 Å². The summed E-state index contributed by atoms with van der Waals surface area (Å²) in [5, 5.41) is 12.3. The normalized spacial score (nSPS) is 14.1. The van der Waals surface area contributed by atoms with Crippen molar-refractivity contribution in [2.75, 3.05) is 6.61 Å². The summed E-state index contributed by atoms with van der Waals surface area (Å²) in [5.41, 5.74) is -0.912. The molecule has 0 fully saturated rings. The first kappa shape index (κ1) is 31.1. The van der Waals surface area contributed by atoms with Gasteiger partial charge in [0, 0.05) is 5.41 Å². The molecule has 0 aromatic rings. The number of rotatable bonds is 11. The summed E-state index contributed by atoms with van der Waals surface area (Å²) in [4.78, 5) is 24.4. The Morgan fingerprint density at radius 1 is 0.900 bits per heavy atom. The summed E-state index contributed by atoms with van der Waals surface area (Å²) in [6.45, 7) is 26.8. The standard InChI is InChI=1S/C23H45NO4.C2H6/c1-16(2)22(8,9)15-23(10,11)28-14-17(18(25)26)24-19(27)21(6,7)13-12-20(3,4)5;1-2/h16-17H,12-15H2,1-11H3,(H,24,27)(H,25,26);1-2H3. The smallest absolute Gasteiger partial charge is 0.328 e. The van der Waals surface area contributed by atoms with Gasteiger partial charge in [0.2, 0.25) is 5.91 Å². The maximum atomic E-state index is 12.7. The van der Waals surface area contributed by atoms with Crippen LogP contribution in [0.3, 0.4) is 0 Å². The zero-order valence-corrected chi connectivity index (χ0v) is 22.2. The molecule has 180 valence electrons. The Balaban J connectivity index is 0. The molecule has 0 spiro atoms. The Kier molecular flexibility index (Phi) is 12.5. The second kappa shape index (κ2) is 12.1. The van der Waals surface area contributed by atoms with Gasteiger partial charge in [-0.05, 0) is 49.9 Å². The highest BCUT2D eigenvalue weighted by Gasteiger charge is 2.35. The number of hydrogen-bond acceptors (Lipinski definition) is 3. The number of carbonyl (C=O) groups excluding carboxylic acids is 1. The number of nitrogens with one attached hydrogen (secondary N) is 1. The van der Waals surface area contributed by atoms with E-state index in [0.29, 0.717) is 12.3 Å². The van der Waals surface area contributed by atoms with Crippen LogP contribution in [0.1, 0.15) is 109 Å². The van der Waals surface area contributed by atoms with Gasteiger partial charge in [0.15, 0.2) is 6.04 Å². The third-order valence-electron chi connectivity index (χ3n) is 5.80. The van der Waals surface area contributed by atoms with Crippen molar-refractivity contribution in [3.63, 3.8) is 0 Å². The van der Waals surface area contributed by atoms with Crippen LogP contribution in [0.5, 0.6) is 0 Å². The molecule has 0 saturated heterocycles. The molecule has 30 heavy (non-hydrogen) atoms. The second-order valence-electron chi connectivity index (χ2n) is 11.7. The van der Waals surface area contributed by atoms with Gasteiger partial charge < -0.3 is 15.2 Å². The lowest BCUT2D eigenvalue weighted by Gasteiger charge is -2.38. The Labute approximate surface area is 186 Å². The van der Waals surface area contributed by atoms with Crippen molar-refractivity contribution in [2.24, 2.45) is 22.2 Å². The lowest BCUT2D eigenvalue weighted by molar-refractivity contribution is -0.148. The number of carboxylic acids is 1. The molecule has 0 bridgehead atoms. The van der Waals surface area contributed by atoms with E-state index in [1.165, 1.54) is 0 Å². The molecule has 5 heteroatoms. The minimum Gasteiger partial charge on any atom is -0.480 e. The van der Waals surface area contributed by atoms with Gasteiger partial charge in [0.1, 0.15) is 0 Å². The molecule has 0 radical (unpaired) electrons. The molecule has 1 amide bonds. The van der Waals surface area contributed by atoms with Crippen molar-refractivity contribution >= 4 is 11.9 Å². The third-order valence-corrected chi connectivity index (χ3v) is 5.80. The van der Waals surface area contributed by atoms with Crippen LogP contribution >= 0.6 is 0 Å². The fourth-order valence-electron chi connectivity index (χ4n) is 2.99. The van der Waals surface area contributed by atoms with Crippen LogP contribution in [0.2, 0.25) is 0 Å². The Morgan fingerprint density at radius 2 is 1.37 bits per heavy atom. The van der Waals surface area contributed by atoms with Crippen LogP contribution in [0.4, 0.5) is 0 Å². The number of aliphatic carboxylic acids is 1. The topological polar surface area (TPSA) is 75.6 Å². The van der Waals surface area contributed by atoms with Gasteiger partial charge in [0.25, 0.3) is 0 Å². The van der Waals surface area contributed by atoms with E-state index in [2.05, 4.69) is 53.8 Å². The van der Waals surface area contributed by atoms with E-state index in [1.807, 2.05) is 41.5 Å². The number of amides is 1. The molecule has 0 aliphatic carbocycles. The summed E-state index contributed by atoms with van der Waals surface area (Å²) >= 11 is 0. The average molecular weight is 430 g/mol. The van der Waals surface area contributed by atoms with Crippen molar-refractivity contribution in [3.05, 3.63) is 0 Å². The number of ether oxygens (including phenoxy) is 1. The van der Waals surface area contributed by atoms with Crippen molar-refractivity contribution in [1.82, 2.24) is 5.32 Å². The highest BCUT2D eigenvalue weighted by Crippen LogP contribution is 2.36. The molecular formula is C25H51NO4. The maximum Gasteiger partial charge on any atom is 0.328 e. The summed E-state index contributed by atoms with van der Waals surface area (Å²) in [6, 6.07) is -1.05. The summed E-state index contributed by atoms with van der Waals surface area (Å²) in [7, 11) is 0. The highest BCUT2D eigenvalue weighted by atomic mass is 16.5. The van der Waals surface area contributed by atoms with E-state index >= 15 is 0 Å². The van der Waals surface area contributed by atoms with Crippen LogP contribution in [0.25, 0.3) is 0 Å². The minimum atomic E-state index is -1.07. The molecule has 0 aliphatic rings. The Hall–Kier alpha value is -1.10. The van der Waals surface area contributed by atoms with Gasteiger partial charge in [-0.3, -0.25) is 4.79 Å². The predicted octanol–water partition coefficient (Wildman–Crippen LogP) is 6.30. The lowest BCUT2D eigenvalue weighted by Crippen LogP contribution is -2.50. The maximum absolute atomic E-state index is 12.7. The summed E-state index contributed by atoms with van der Waals surface area (Å²) in [5.74, 6) is -0.832. The largest absolute Gasteiger partial charge is 0.480 e.